The quantitative estimate of drug-likeness (QED) is 0.922. The van der Waals surface area contributed by atoms with Crippen molar-refractivity contribution in [1.29, 1.82) is 0 Å². The molecule has 1 aliphatic rings. The van der Waals surface area contributed by atoms with Crippen LogP contribution in [0.4, 0.5) is 0 Å². The lowest BCUT2D eigenvalue weighted by atomic mass is 10.0. The number of methoxy groups -OCH3 is 1. The highest BCUT2D eigenvalue weighted by Crippen LogP contribution is 2.31. The Hall–Kier alpha value is -2.69. The molecule has 1 amide bonds. The van der Waals surface area contributed by atoms with Crippen LogP contribution in [0.25, 0.3) is 0 Å². The largest absolute Gasteiger partial charge is 0.493 e. The van der Waals surface area contributed by atoms with Gasteiger partial charge in [0.2, 0.25) is 0 Å². The summed E-state index contributed by atoms with van der Waals surface area (Å²) in [4.78, 5) is 12.2. The van der Waals surface area contributed by atoms with Crippen molar-refractivity contribution in [1.82, 2.24) is 5.32 Å². The van der Waals surface area contributed by atoms with Crippen LogP contribution in [0.2, 0.25) is 0 Å². The molecule has 0 unspecified atom stereocenters. The molecule has 0 radical (unpaired) electrons. The third-order valence-electron chi connectivity index (χ3n) is 3.72. The molecule has 0 spiro atoms. The summed E-state index contributed by atoms with van der Waals surface area (Å²) in [5.41, 5.74) is 1.00. The number of fused-ring (bicyclic) bond motifs is 1. The van der Waals surface area contributed by atoms with Crippen molar-refractivity contribution in [2.45, 2.75) is 12.5 Å². The van der Waals surface area contributed by atoms with Crippen LogP contribution in [0, 0.1) is 0 Å². The van der Waals surface area contributed by atoms with E-state index in [-0.39, 0.29) is 18.6 Å². The molecule has 3 rings (SSSR count). The van der Waals surface area contributed by atoms with E-state index in [1.807, 2.05) is 36.4 Å². The number of ether oxygens (including phenoxy) is 3. The Bertz CT molecular complexity index is 686. The fraction of sp³-hybridized carbons (Fsp3) is 0.278. The minimum Gasteiger partial charge on any atom is -0.493 e. The van der Waals surface area contributed by atoms with Gasteiger partial charge in [-0.15, -0.1) is 0 Å². The lowest BCUT2D eigenvalue weighted by Crippen LogP contribution is -2.35. The topological polar surface area (TPSA) is 56.8 Å². The monoisotopic (exact) mass is 313 g/mol. The van der Waals surface area contributed by atoms with Crippen molar-refractivity contribution in [3.8, 4) is 17.2 Å². The molecule has 120 valence electrons. The van der Waals surface area contributed by atoms with Gasteiger partial charge in [-0.3, -0.25) is 4.79 Å². The summed E-state index contributed by atoms with van der Waals surface area (Å²) in [5.74, 6) is 1.82. The van der Waals surface area contributed by atoms with E-state index >= 15 is 0 Å². The Balaban J connectivity index is 1.60. The zero-order chi connectivity index (χ0) is 16.1. The fourth-order valence-corrected chi connectivity index (χ4v) is 2.61. The number of rotatable bonds is 5. The van der Waals surface area contributed by atoms with Crippen LogP contribution in [0.3, 0.4) is 0 Å². The predicted octanol–water partition coefficient (Wildman–Crippen LogP) is 2.71. The number of carbonyl (C=O) groups excluding carboxylic acids is 1. The van der Waals surface area contributed by atoms with Gasteiger partial charge < -0.3 is 19.5 Å². The van der Waals surface area contributed by atoms with Gasteiger partial charge in [0.25, 0.3) is 5.91 Å². The standard InChI is InChI=1S/C18H19NO4/c1-21-16-8-4-5-9-17(16)23-12-18(20)19-14-10-11-22-15-7-3-2-6-13(14)15/h2-9,14H,10-12H2,1H3,(H,19,20)/t14-/m0/s1. The maximum Gasteiger partial charge on any atom is 0.258 e. The van der Waals surface area contributed by atoms with Crippen molar-refractivity contribution >= 4 is 5.91 Å². The highest BCUT2D eigenvalue weighted by atomic mass is 16.5. The molecular formula is C18H19NO4. The van der Waals surface area contributed by atoms with Gasteiger partial charge in [0, 0.05) is 12.0 Å². The van der Waals surface area contributed by atoms with E-state index in [0.717, 1.165) is 17.7 Å². The van der Waals surface area contributed by atoms with Gasteiger partial charge in [0.1, 0.15) is 5.75 Å². The first-order chi connectivity index (χ1) is 11.3. The minimum absolute atomic E-state index is 0.0475. The van der Waals surface area contributed by atoms with Crippen LogP contribution >= 0.6 is 0 Å². The average molecular weight is 313 g/mol. The number of amides is 1. The van der Waals surface area contributed by atoms with Gasteiger partial charge in [-0.05, 0) is 18.2 Å². The van der Waals surface area contributed by atoms with Gasteiger partial charge in [0.05, 0.1) is 19.8 Å². The Morgan fingerprint density at radius 2 is 1.91 bits per heavy atom. The summed E-state index contributed by atoms with van der Waals surface area (Å²) in [6, 6.07) is 15.0. The highest BCUT2D eigenvalue weighted by molar-refractivity contribution is 5.78. The molecule has 0 saturated carbocycles. The number of hydrogen-bond acceptors (Lipinski definition) is 4. The summed E-state index contributed by atoms with van der Waals surface area (Å²) in [6.45, 7) is 0.537. The average Bonchev–Trinajstić information content (AvgIpc) is 2.60. The molecule has 1 aliphatic heterocycles. The molecular weight excluding hydrogens is 294 g/mol. The molecule has 2 aromatic rings. The van der Waals surface area contributed by atoms with Crippen LogP contribution in [0.15, 0.2) is 48.5 Å². The minimum atomic E-state index is -0.169. The van der Waals surface area contributed by atoms with Gasteiger partial charge in [-0.1, -0.05) is 30.3 Å². The molecule has 0 bridgehead atoms. The van der Waals surface area contributed by atoms with Crippen LogP contribution in [-0.2, 0) is 4.79 Å². The molecule has 0 aliphatic carbocycles. The maximum absolute atomic E-state index is 12.2. The summed E-state index contributed by atoms with van der Waals surface area (Å²) in [7, 11) is 1.57. The molecule has 5 heteroatoms. The predicted molar refractivity (Wildman–Crippen MR) is 85.9 cm³/mol. The van der Waals surface area contributed by atoms with E-state index in [9.17, 15) is 4.79 Å². The second-order valence-electron chi connectivity index (χ2n) is 5.23. The smallest absolute Gasteiger partial charge is 0.258 e. The number of hydrogen-bond donors (Lipinski definition) is 1. The summed E-state index contributed by atoms with van der Waals surface area (Å²) in [6.07, 6.45) is 0.747. The SMILES string of the molecule is COc1ccccc1OCC(=O)N[C@H]1CCOc2ccccc21. The molecule has 1 atom stereocenters. The van der Waals surface area contributed by atoms with Crippen LogP contribution in [0.1, 0.15) is 18.0 Å². The van der Waals surface area contributed by atoms with Crippen molar-refractivity contribution in [2.75, 3.05) is 20.3 Å². The van der Waals surface area contributed by atoms with Crippen molar-refractivity contribution in [3.05, 3.63) is 54.1 Å². The van der Waals surface area contributed by atoms with Gasteiger partial charge >= 0.3 is 0 Å². The van der Waals surface area contributed by atoms with E-state index in [2.05, 4.69) is 5.32 Å². The maximum atomic E-state index is 12.2. The van der Waals surface area contributed by atoms with E-state index in [0.29, 0.717) is 18.1 Å². The zero-order valence-electron chi connectivity index (χ0n) is 13.0. The highest BCUT2D eigenvalue weighted by Gasteiger charge is 2.22. The van der Waals surface area contributed by atoms with Crippen molar-refractivity contribution in [3.63, 3.8) is 0 Å². The van der Waals surface area contributed by atoms with E-state index in [4.69, 9.17) is 14.2 Å². The van der Waals surface area contributed by atoms with E-state index in [1.165, 1.54) is 0 Å². The second kappa shape index (κ2) is 7.05. The Kier molecular flexibility index (Phi) is 4.66. The van der Waals surface area contributed by atoms with Gasteiger partial charge in [0.15, 0.2) is 18.1 Å². The molecule has 0 fully saturated rings. The number of nitrogens with one attached hydrogen (secondary N) is 1. The third kappa shape index (κ3) is 3.56. The first-order valence-electron chi connectivity index (χ1n) is 7.55. The first kappa shape index (κ1) is 15.2. The third-order valence-corrected chi connectivity index (χ3v) is 3.72. The molecule has 0 aromatic heterocycles. The van der Waals surface area contributed by atoms with Gasteiger partial charge in [-0.25, -0.2) is 0 Å². The zero-order valence-corrected chi connectivity index (χ0v) is 13.0. The summed E-state index contributed by atoms with van der Waals surface area (Å²) < 4.78 is 16.3. The number of carbonyl (C=O) groups is 1. The van der Waals surface area contributed by atoms with Crippen LogP contribution in [-0.4, -0.2) is 26.2 Å². The van der Waals surface area contributed by atoms with E-state index in [1.54, 1.807) is 19.2 Å². The van der Waals surface area contributed by atoms with Crippen LogP contribution < -0.4 is 19.5 Å². The summed E-state index contributed by atoms with van der Waals surface area (Å²) >= 11 is 0. The van der Waals surface area contributed by atoms with Gasteiger partial charge in [-0.2, -0.15) is 0 Å². The fourth-order valence-electron chi connectivity index (χ4n) is 2.61. The van der Waals surface area contributed by atoms with Crippen LogP contribution in [0.5, 0.6) is 17.2 Å². The number of para-hydroxylation sites is 3. The van der Waals surface area contributed by atoms with Crippen molar-refractivity contribution < 1.29 is 19.0 Å². The first-order valence-corrected chi connectivity index (χ1v) is 7.55. The molecule has 0 saturated heterocycles. The molecule has 23 heavy (non-hydrogen) atoms. The molecule has 1 heterocycles. The van der Waals surface area contributed by atoms with Crippen molar-refractivity contribution in [2.24, 2.45) is 0 Å². The Morgan fingerprint density at radius 3 is 2.74 bits per heavy atom. The second-order valence-corrected chi connectivity index (χ2v) is 5.23. The molecule has 1 N–H and O–H groups in total. The summed E-state index contributed by atoms with van der Waals surface area (Å²) in [5, 5.41) is 3.00. The lowest BCUT2D eigenvalue weighted by Gasteiger charge is -2.26. The Labute approximate surface area is 135 Å². The number of benzene rings is 2. The molecule has 5 nitrogen and oxygen atoms in total. The van der Waals surface area contributed by atoms with E-state index < -0.39 is 0 Å². The lowest BCUT2D eigenvalue weighted by molar-refractivity contribution is -0.124. The Morgan fingerprint density at radius 1 is 1.17 bits per heavy atom. The normalized spacial score (nSPS) is 16.0. The molecule has 2 aromatic carbocycles.